The third-order valence-corrected chi connectivity index (χ3v) is 4.72. The average Bonchev–Trinajstić information content (AvgIpc) is 3.29. The van der Waals surface area contributed by atoms with E-state index in [-0.39, 0.29) is 5.91 Å². The van der Waals surface area contributed by atoms with Crippen molar-refractivity contribution in [2.24, 2.45) is 0 Å². The van der Waals surface area contributed by atoms with Crippen LogP contribution in [0.4, 0.5) is 0 Å². The van der Waals surface area contributed by atoms with Crippen LogP contribution in [0.2, 0.25) is 0 Å². The molecule has 2 N–H and O–H groups in total. The molecule has 0 radical (unpaired) electrons. The molecule has 2 heterocycles. The fourth-order valence-corrected chi connectivity index (χ4v) is 2.85. The summed E-state index contributed by atoms with van der Waals surface area (Å²) in [5, 5.41) is 10.7. The van der Waals surface area contributed by atoms with E-state index in [1.807, 2.05) is 61.1 Å². The molecule has 0 saturated carbocycles. The van der Waals surface area contributed by atoms with Crippen molar-refractivity contribution in [3.8, 4) is 0 Å². The highest BCUT2D eigenvalue weighted by Gasteiger charge is 2.43. The zero-order valence-electron chi connectivity index (χ0n) is 17.1. The Hall–Kier alpha value is -2.92. The van der Waals surface area contributed by atoms with Gasteiger partial charge in [-0.25, -0.2) is 9.55 Å². The minimum absolute atomic E-state index is 0.0926. The molecule has 5 heteroatoms. The lowest BCUT2D eigenvalue weighted by Crippen LogP contribution is -2.33. The fourth-order valence-electron chi connectivity index (χ4n) is 2.85. The van der Waals surface area contributed by atoms with Crippen LogP contribution in [0.15, 0.2) is 73.2 Å². The third kappa shape index (κ3) is 5.54. The van der Waals surface area contributed by atoms with Crippen LogP contribution in [0, 0.1) is 6.92 Å². The summed E-state index contributed by atoms with van der Waals surface area (Å²) < 4.78 is 2.06. The van der Waals surface area contributed by atoms with Crippen LogP contribution in [0.1, 0.15) is 30.2 Å². The minimum atomic E-state index is -0.818. The number of aliphatic hydroxyl groups is 1. The predicted molar refractivity (Wildman–Crippen MR) is 111 cm³/mol. The molecule has 1 atom stereocenters. The average molecular weight is 381 g/mol. The van der Waals surface area contributed by atoms with Crippen LogP contribution >= 0.6 is 0 Å². The molecule has 1 aliphatic rings. The molecule has 0 saturated heterocycles. The van der Waals surface area contributed by atoms with Crippen LogP contribution in [0.3, 0.4) is 0 Å². The number of hydrogen-bond acceptors (Lipinski definition) is 2. The van der Waals surface area contributed by atoms with Gasteiger partial charge in [-0.15, -0.1) is 0 Å². The van der Waals surface area contributed by atoms with Crippen molar-refractivity contribution in [3.63, 3.8) is 0 Å². The summed E-state index contributed by atoms with van der Waals surface area (Å²) in [4.78, 5) is 14.6. The molecule has 1 unspecified atom stereocenters. The largest absolute Gasteiger partial charge is 0.376 e. The zero-order valence-corrected chi connectivity index (χ0v) is 17.1. The highest BCUT2D eigenvalue weighted by Crippen LogP contribution is 2.34. The summed E-state index contributed by atoms with van der Waals surface area (Å²) in [6, 6.07) is 20.1. The molecular weight excluding hydrogens is 350 g/mol. The Kier molecular flexibility index (Phi) is 7.52. The van der Waals surface area contributed by atoms with Crippen molar-refractivity contribution in [1.82, 2.24) is 9.88 Å². The van der Waals surface area contributed by atoms with Gasteiger partial charge >= 0.3 is 0 Å². The Bertz CT molecular complexity index is 860. The van der Waals surface area contributed by atoms with E-state index in [0.29, 0.717) is 0 Å². The summed E-state index contributed by atoms with van der Waals surface area (Å²) in [6.07, 6.45) is 4.53. The number of H-pyrrole nitrogens is 1. The summed E-state index contributed by atoms with van der Waals surface area (Å²) in [6.45, 7) is 4.48. The van der Waals surface area contributed by atoms with E-state index in [4.69, 9.17) is 0 Å². The fraction of sp³-hybridized carbons (Fsp3) is 0.304. The predicted octanol–water partition coefficient (Wildman–Crippen LogP) is 3.03. The quantitative estimate of drug-likeness (QED) is 0.638. The van der Waals surface area contributed by atoms with Crippen molar-refractivity contribution in [1.29, 1.82) is 0 Å². The number of aromatic amines is 1. The number of carbonyl (C=O) groups excluding carboxylic acids is 1. The summed E-state index contributed by atoms with van der Waals surface area (Å²) >= 11 is 0. The number of carbonyl (C=O) groups is 1. The molecule has 1 amide bonds. The number of imidazole rings is 1. The van der Waals surface area contributed by atoms with Gasteiger partial charge in [-0.2, -0.15) is 0 Å². The molecule has 1 aliphatic heterocycles. The van der Waals surface area contributed by atoms with Crippen molar-refractivity contribution < 1.29 is 14.5 Å². The van der Waals surface area contributed by atoms with Gasteiger partial charge in [0.2, 0.25) is 12.2 Å². The van der Waals surface area contributed by atoms with Gasteiger partial charge < -0.3 is 10.0 Å². The molecule has 5 nitrogen and oxygen atoms in total. The van der Waals surface area contributed by atoms with Crippen molar-refractivity contribution in [2.75, 3.05) is 14.1 Å². The Morgan fingerprint density at radius 3 is 2.07 bits per heavy atom. The number of amides is 1. The van der Waals surface area contributed by atoms with E-state index >= 15 is 0 Å². The second-order valence-corrected chi connectivity index (χ2v) is 7.06. The van der Waals surface area contributed by atoms with Gasteiger partial charge in [-0.05, 0) is 12.5 Å². The molecule has 0 bridgehead atoms. The van der Waals surface area contributed by atoms with Gasteiger partial charge in [0.25, 0.3) is 0 Å². The molecule has 4 rings (SSSR count). The van der Waals surface area contributed by atoms with E-state index in [0.717, 1.165) is 24.2 Å². The first-order valence-electron chi connectivity index (χ1n) is 9.38. The lowest BCUT2D eigenvalue weighted by molar-refractivity contribution is -0.690. The molecule has 0 aliphatic carbocycles. The number of nitrogens with zero attached hydrogens (tertiary/aromatic N) is 2. The van der Waals surface area contributed by atoms with Crippen LogP contribution in [0.25, 0.3) is 0 Å². The first kappa shape index (κ1) is 21.4. The highest BCUT2D eigenvalue weighted by atomic mass is 16.3. The van der Waals surface area contributed by atoms with Gasteiger partial charge in [-0.1, -0.05) is 66.2 Å². The maximum absolute atomic E-state index is 10.7. The molecular formula is C23H30N3O2+. The van der Waals surface area contributed by atoms with Crippen LogP contribution < -0.4 is 4.57 Å². The molecule has 0 fully saturated rings. The topological polar surface area (TPSA) is 60.2 Å². The van der Waals surface area contributed by atoms with Crippen molar-refractivity contribution >= 4 is 5.91 Å². The van der Waals surface area contributed by atoms with Crippen molar-refractivity contribution in [3.05, 3.63) is 90.0 Å². The first-order chi connectivity index (χ1) is 13.3. The van der Waals surface area contributed by atoms with Crippen LogP contribution in [-0.4, -0.2) is 35.0 Å². The maximum Gasteiger partial charge on any atom is 0.241 e. The van der Waals surface area contributed by atoms with Gasteiger partial charge in [0.05, 0.1) is 6.54 Å². The molecule has 28 heavy (non-hydrogen) atoms. The molecule has 1 aromatic heterocycles. The second-order valence-electron chi connectivity index (χ2n) is 7.06. The molecule has 3 aromatic rings. The number of benzene rings is 2. The number of aryl methyl sites for hydroxylation is 2. The number of fused-ring (bicyclic) bond motifs is 1. The Morgan fingerprint density at radius 2 is 1.61 bits per heavy atom. The van der Waals surface area contributed by atoms with E-state index in [2.05, 4.69) is 28.6 Å². The molecule has 2 aromatic carbocycles. The summed E-state index contributed by atoms with van der Waals surface area (Å²) in [5.41, 5.74) is 2.42. The lowest BCUT2D eigenvalue weighted by atomic mass is 9.90. The van der Waals surface area contributed by atoms with Gasteiger partial charge in [-0.3, -0.25) is 4.79 Å². The SMILES string of the molecule is CC(=O)N(C)C.Cc1ccccc1.OC1(c2ccccc2)CC[n+]2c[nH]cc21. The second kappa shape index (κ2) is 9.85. The maximum atomic E-state index is 10.7. The van der Waals surface area contributed by atoms with Gasteiger partial charge in [0.15, 0.2) is 11.3 Å². The monoisotopic (exact) mass is 380 g/mol. The molecule has 0 spiro atoms. The van der Waals surface area contributed by atoms with Crippen LogP contribution in [0.5, 0.6) is 0 Å². The van der Waals surface area contributed by atoms with Crippen LogP contribution in [-0.2, 0) is 16.9 Å². The van der Waals surface area contributed by atoms with E-state index in [9.17, 15) is 9.90 Å². The summed E-state index contributed by atoms with van der Waals surface area (Å²) in [7, 11) is 3.45. The standard InChI is InChI=1S/C12H12N2O.C7H8.C4H9NO/c15-12(10-4-2-1-3-5-10)6-7-14-9-13-8-11(12)14;1-7-5-3-2-4-6-7;1-4(6)5(2)3/h1-5,8-9,15H,6-7H2;2-6H,1H3;1-3H3/p+1. The lowest BCUT2D eigenvalue weighted by Gasteiger charge is -2.19. The smallest absolute Gasteiger partial charge is 0.241 e. The van der Waals surface area contributed by atoms with Crippen molar-refractivity contribution in [2.45, 2.75) is 32.4 Å². The summed E-state index contributed by atoms with van der Waals surface area (Å²) in [5.74, 6) is 0.0926. The first-order valence-corrected chi connectivity index (χ1v) is 9.38. The number of hydrogen-bond donors (Lipinski definition) is 2. The zero-order chi connectivity index (χ0) is 20.6. The molecule has 148 valence electrons. The number of aromatic nitrogens is 2. The van der Waals surface area contributed by atoms with E-state index < -0.39 is 5.60 Å². The van der Waals surface area contributed by atoms with E-state index in [1.165, 1.54) is 17.4 Å². The van der Waals surface area contributed by atoms with Gasteiger partial charge in [0.1, 0.15) is 6.20 Å². The Morgan fingerprint density at radius 1 is 1.07 bits per heavy atom. The Balaban J connectivity index is 0.000000181. The Labute approximate surface area is 167 Å². The van der Waals surface area contributed by atoms with Gasteiger partial charge in [0, 0.05) is 27.4 Å². The third-order valence-electron chi connectivity index (χ3n) is 4.72. The highest BCUT2D eigenvalue weighted by molar-refractivity contribution is 5.72. The minimum Gasteiger partial charge on any atom is -0.376 e. The number of rotatable bonds is 1. The number of nitrogens with one attached hydrogen (secondary N) is 1. The van der Waals surface area contributed by atoms with E-state index in [1.54, 1.807) is 14.1 Å². The normalized spacial score (nSPS) is 16.8.